The molecular formula is C22H35Cl2NO2SSi2. The van der Waals surface area contributed by atoms with Crippen molar-refractivity contribution in [1.29, 1.82) is 0 Å². The first kappa shape index (κ1) is 25.9. The van der Waals surface area contributed by atoms with Gasteiger partial charge in [-0.05, 0) is 16.1 Å². The van der Waals surface area contributed by atoms with Crippen molar-refractivity contribution in [2.75, 3.05) is 0 Å². The minimum absolute atomic E-state index is 0.113. The van der Waals surface area contributed by atoms with Gasteiger partial charge in [0.1, 0.15) is 21.4 Å². The lowest BCUT2D eigenvalue weighted by Crippen LogP contribution is -2.69. The molecule has 2 aromatic carbocycles. The lowest BCUT2D eigenvalue weighted by atomic mass is 10.1. The lowest BCUT2D eigenvalue weighted by molar-refractivity contribution is 0.548. The van der Waals surface area contributed by atoms with E-state index in [4.69, 9.17) is 23.2 Å². The Morgan fingerprint density at radius 2 is 1.20 bits per heavy atom. The van der Waals surface area contributed by atoms with E-state index in [1.807, 2.05) is 27.9 Å². The average Bonchev–Trinajstić information content (AvgIpc) is 2.55. The highest BCUT2D eigenvalue weighted by Crippen LogP contribution is 2.50. The molecule has 0 aromatic heterocycles. The van der Waals surface area contributed by atoms with Crippen molar-refractivity contribution in [1.82, 2.24) is 3.64 Å². The van der Waals surface area contributed by atoms with Crippen molar-refractivity contribution in [2.24, 2.45) is 0 Å². The molecule has 0 aliphatic carbocycles. The molecule has 0 aliphatic heterocycles. The summed E-state index contributed by atoms with van der Waals surface area (Å²) in [5, 5.41) is 1.74. The zero-order valence-electron chi connectivity index (χ0n) is 19.8. The number of rotatable bonds is 4. The zero-order valence-corrected chi connectivity index (χ0v) is 24.1. The number of benzene rings is 2. The monoisotopic (exact) mass is 503 g/mol. The summed E-state index contributed by atoms with van der Waals surface area (Å²) in [6.45, 7) is 21.5. The fourth-order valence-electron chi connectivity index (χ4n) is 3.47. The molecule has 0 aliphatic rings. The molecule has 0 heterocycles. The average molecular weight is 505 g/mol. The van der Waals surface area contributed by atoms with E-state index >= 15 is 0 Å². The largest absolute Gasteiger partial charge is 0.241 e. The molecule has 0 atom stereocenters. The molecule has 3 nitrogen and oxygen atoms in total. The fourth-order valence-corrected chi connectivity index (χ4v) is 21.0. The van der Waals surface area contributed by atoms with Crippen LogP contribution in [0, 0.1) is 0 Å². The normalized spacial score (nSPS) is 14.6. The van der Waals surface area contributed by atoms with E-state index in [1.54, 1.807) is 0 Å². The van der Waals surface area contributed by atoms with Gasteiger partial charge < -0.3 is 0 Å². The van der Waals surface area contributed by atoms with Crippen LogP contribution in [0.4, 0.5) is 0 Å². The van der Waals surface area contributed by atoms with Crippen LogP contribution in [0.15, 0.2) is 35.2 Å². The Morgan fingerprint density at radius 3 is 1.60 bits per heavy atom. The molecule has 0 radical (unpaired) electrons. The molecule has 168 valence electrons. The van der Waals surface area contributed by atoms with Gasteiger partial charge in [-0.1, -0.05) is 115 Å². The van der Waals surface area contributed by atoms with E-state index in [1.165, 1.54) is 6.07 Å². The summed E-state index contributed by atoms with van der Waals surface area (Å²) in [7, 11) is -8.89. The van der Waals surface area contributed by atoms with Crippen LogP contribution in [0.5, 0.6) is 0 Å². The minimum atomic E-state index is -3.89. The van der Waals surface area contributed by atoms with Gasteiger partial charge in [0.15, 0.2) is 0 Å². The number of nitrogens with zero attached hydrogens (tertiary/aromatic N) is 1. The van der Waals surface area contributed by atoms with Crippen LogP contribution in [-0.4, -0.2) is 28.5 Å². The Kier molecular flexibility index (Phi) is 6.80. The summed E-state index contributed by atoms with van der Waals surface area (Å²) in [4.78, 5) is 0.113. The second-order valence-corrected chi connectivity index (χ2v) is 24.9. The molecule has 0 bridgehead atoms. The van der Waals surface area contributed by atoms with Gasteiger partial charge in [0.05, 0.1) is 5.02 Å². The van der Waals surface area contributed by atoms with Crippen LogP contribution in [0.1, 0.15) is 41.5 Å². The Hall–Kier alpha value is -0.376. The van der Waals surface area contributed by atoms with Gasteiger partial charge in [0, 0.05) is 15.8 Å². The molecule has 0 fully saturated rings. The predicted octanol–water partition coefficient (Wildman–Crippen LogP) is 8.15. The molecule has 0 amide bonds. The van der Waals surface area contributed by atoms with E-state index < -0.39 is 26.5 Å². The van der Waals surface area contributed by atoms with Gasteiger partial charge >= 0.3 is 0 Å². The topological polar surface area (TPSA) is 37.4 Å². The van der Waals surface area contributed by atoms with Crippen LogP contribution in [0.25, 0.3) is 10.8 Å². The third kappa shape index (κ3) is 4.16. The van der Waals surface area contributed by atoms with Crippen LogP contribution < -0.4 is 0 Å². The summed E-state index contributed by atoms with van der Waals surface area (Å²) in [6.07, 6.45) is 0. The molecule has 2 aromatic rings. The summed E-state index contributed by atoms with van der Waals surface area (Å²) in [6, 6.07) is 8.94. The molecule has 30 heavy (non-hydrogen) atoms. The first-order valence-electron chi connectivity index (χ1n) is 10.2. The maximum absolute atomic E-state index is 14.4. The number of halogens is 2. The highest BCUT2D eigenvalue weighted by atomic mass is 35.5. The number of sulfonamides is 1. The van der Waals surface area contributed by atoms with Crippen LogP contribution in [-0.2, 0) is 10.0 Å². The molecular weight excluding hydrogens is 469 g/mol. The second-order valence-electron chi connectivity index (χ2n) is 11.1. The quantitative estimate of drug-likeness (QED) is 0.394. The van der Waals surface area contributed by atoms with Gasteiger partial charge in [-0.15, -0.1) is 0 Å². The maximum Gasteiger partial charge on any atom is 0.232 e. The summed E-state index contributed by atoms with van der Waals surface area (Å²) in [5.41, 5.74) is 0. The van der Waals surface area contributed by atoms with Gasteiger partial charge in [0.2, 0.25) is 10.0 Å². The number of fused-ring (bicyclic) bond motifs is 1. The Balaban J connectivity index is 2.95. The molecule has 0 saturated carbocycles. The Morgan fingerprint density at radius 1 is 0.800 bits per heavy atom. The minimum Gasteiger partial charge on any atom is -0.241 e. The highest BCUT2D eigenvalue weighted by molar-refractivity contribution is 7.92. The summed E-state index contributed by atoms with van der Waals surface area (Å²) < 4.78 is 30.7. The number of hydrogen-bond acceptors (Lipinski definition) is 2. The van der Waals surface area contributed by atoms with Gasteiger partial charge in [-0.3, -0.25) is 0 Å². The standard InChI is InChI=1S/C22H35Cl2NO2SSi2/c1-21(2,3)29(7,8)25(30(9,10)22(4,5)6)28(26,27)19-15-18(23)16-13-11-12-14-17(16)20(19)24/h11-15H,1-10H3. The van der Waals surface area contributed by atoms with Gasteiger partial charge in [0.25, 0.3) is 0 Å². The molecule has 0 N–H and O–H groups in total. The molecule has 2 rings (SSSR count). The maximum atomic E-state index is 14.4. The third-order valence-electron chi connectivity index (χ3n) is 7.10. The van der Waals surface area contributed by atoms with E-state index in [0.717, 1.165) is 5.39 Å². The lowest BCUT2D eigenvalue weighted by Gasteiger charge is -2.55. The van der Waals surface area contributed by atoms with E-state index in [9.17, 15) is 8.42 Å². The first-order chi connectivity index (χ1) is 13.3. The van der Waals surface area contributed by atoms with Crippen molar-refractivity contribution in [2.45, 2.75) is 82.7 Å². The first-order valence-corrected chi connectivity index (χ1v) is 18.3. The van der Waals surface area contributed by atoms with Crippen molar-refractivity contribution < 1.29 is 8.42 Å². The molecule has 0 unspecified atom stereocenters. The molecule has 0 spiro atoms. The van der Waals surface area contributed by atoms with Crippen LogP contribution in [0.2, 0.25) is 46.3 Å². The van der Waals surface area contributed by atoms with Crippen molar-refractivity contribution in [3.63, 3.8) is 0 Å². The van der Waals surface area contributed by atoms with E-state index in [-0.39, 0.29) is 20.0 Å². The Labute approximate surface area is 195 Å². The third-order valence-corrected chi connectivity index (χ3v) is 26.2. The Bertz CT molecular complexity index is 1040. The summed E-state index contributed by atoms with van der Waals surface area (Å²) in [5.74, 6) is 0. The predicted molar refractivity (Wildman–Crippen MR) is 137 cm³/mol. The van der Waals surface area contributed by atoms with Gasteiger partial charge in [-0.25, -0.2) is 12.1 Å². The van der Waals surface area contributed by atoms with Crippen LogP contribution in [0.3, 0.4) is 0 Å². The second kappa shape index (κ2) is 7.89. The van der Waals surface area contributed by atoms with Crippen molar-refractivity contribution in [3.05, 3.63) is 40.4 Å². The van der Waals surface area contributed by atoms with E-state index in [0.29, 0.717) is 10.4 Å². The number of hydrogen-bond donors (Lipinski definition) is 0. The van der Waals surface area contributed by atoms with Crippen LogP contribution >= 0.6 is 23.2 Å². The fraction of sp³-hybridized carbons (Fsp3) is 0.545. The SMILES string of the molecule is CC(C)(C)[Si](C)(C)N([Si](C)(C)C(C)(C)C)S(=O)(=O)c1cc(Cl)c2ccccc2c1Cl. The molecule has 8 heteroatoms. The zero-order chi connectivity index (χ0) is 23.5. The van der Waals surface area contributed by atoms with E-state index in [2.05, 4.69) is 67.7 Å². The van der Waals surface area contributed by atoms with Crippen molar-refractivity contribution in [3.8, 4) is 0 Å². The summed E-state index contributed by atoms with van der Waals surface area (Å²) >= 11 is 13.3. The van der Waals surface area contributed by atoms with Gasteiger partial charge in [-0.2, -0.15) is 0 Å². The van der Waals surface area contributed by atoms with Crippen molar-refractivity contribution >= 4 is 60.5 Å². The molecule has 0 saturated heterocycles. The highest BCUT2D eigenvalue weighted by Gasteiger charge is 2.57. The smallest absolute Gasteiger partial charge is 0.232 e.